The van der Waals surface area contributed by atoms with Crippen molar-refractivity contribution in [3.63, 3.8) is 0 Å². The van der Waals surface area contributed by atoms with Crippen LogP contribution in [0.15, 0.2) is 30.6 Å². The molecule has 0 saturated heterocycles. The Balaban J connectivity index is 1.89. The van der Waals surface area contributed by atoms with Crippen LogP contribution in [0.1, 0.15) is 38.9 Å². The molecule has 1 unspecified atom stereocenters. The Morgan fingerprint density at radius 2 is 2.15 bits per heavy atom. The maximum Gasteiger partial charge on any atom is 0.213 e. The zero-order valence-electron chi connectivity index (χ0n) is 12.3. The maximum absolute atomic E-state index is 5.31. The summed E-state index contributed by atoms with van der Waals surface area (Å²) >= 11 is 0. The highest BCUT2D eigenvalue weighted by Gasteiger charge is 2.04. The van der Waals surface area contributed by atoms with Gasteiger partial charge in [-0.2, -0.15) is 5.10 Å². The van der Waals surface area contributed by atoms with Crippen molar-refractivity contribution in [1.29, 1.82) is 0 Å². The van der Waals surface area contributed by atoms with E-state index >= 15 is 0 Å². The molecular weight excluding hydrogens is 252 g/mol. The van der Waals surface area contributed by atoms with E-state index in [0.29, 0.717) is 25.1 Å². The molecule has 108 valence electrons. The van der Waals surface area contributed by atoms with Crippen LogP contribution in [0.4, 0.5) is 5.69 Å². The lowest BCUT2D eigenvalue weighted by Gasteiger charge is -2.08. The molecule has 0 fully saturated rings. The minimum absolute atomic E-state index is 0.441. The Morgan fingerprint density at radius 3 is 2.80 bits per heavy atom. The molecule has 5 nitrogen and oxygen atoms in total. The number of rotatable bonds is 7. The molecule has 0 amide bonds. The van der Waals surface area contributed by atoms with Gasteiger partial charge in [0.25, 0.3) is 0 Å². The Bertz CT molecular complexity index is 521. The van der Waals surface area contributed by atoms with Gasteiger partial charge >= 0.3 is 0 Å². The molecule has 2 aromatic heterocycles. The third-order valence-corrected chi connectivity index (χ3v) is 3.21. The number of nitrogens with one attached hydrogen (secondary N) is 1. The fourth-order valence-corrected chi connectivity index (χ4v) is 1.81. The number of anilines is 1. The molecule has 2 heterocycles. The molecule has 20 heavy (non-hydrogen) atoms. The van der Waals surface area contributed by atoms with E-state index in [1.54, 1.807) is 6.20 Å². The molecule has 0 saturated carbocycles. The van der Waals surface area contributed by atoms with Crippen LogP contribution < -0.4 is 10.1 Å². The van der Waals surface area contributed by atoms with Crippen molar-refractivity contribution in [2.24, 2.45) is 0 Å². The molecule has 0 radical (unpaired) electrons. The van der Waals surface area contributed by atoms with E-state index in [1.807, 2.05) is 36.0 Å². The first kappa shape index (κ1) is 14.4. The number of hydrogen-bond donors (Lipinski definition) is 1. The van der Waals surface area contributed by atoms with Crippen LogP contribution in [0.25, 0.3) is 0 Å². The summed E-state index contributed by atoms with van der Waals surface area (Å²) in [6.07, 6.45) is 4.88. The second kappa shape index (κ2) is 6.93. The van der Waals surface area contributed by atoms with E-state index in [2.05, 4.69) is 29.2 Å². The second-order valence-electron chi connectivity index (χ2n) is 4.72. The molecule has 0 aliphatic rings. The van der Waals surface area contributed by atoms with Crippen LogP contribution in [-0.2, 0) is 6.54 Å². The number of aromatic nitrogens is 3. The summed E-state index contributed by atoms with van der Waals surface area (Å²) < 4.78 is 7.32. The van der Waals surface area contributed by atoms with Gasteiger partial charge in [0.15, 0.2) is 0 Å². The van der Waals surface area contributed by atoms with Gasteiger partial charge in [0.1, 0.15) is 0 Å². The molecular formula is C15H22N4O. The third-order valence-electron chi connectivity index (χ3n) is 3.21. The summed E-state index contributed by atoms with van der Waals surface area (Å²) in [7, 11) is 0. The van der Waals surface area contributed by atoms with E-state index in [9.17, 15) is 0 Å². The molecule has 0 bridgehead atoms. The van der Waals surface area contributed by atoms with Crippen LogP contribution >= 0.6 is 0 Å². The average molecular weight is 274 g/mol. The fraction of sp³-hybridized carbons (Fsp3) is 0.467. The van der Waals surface area contributed by atoms with Gasteiger partial charge in [-0.15, -0.1) is 0 Å². The van der Waals surface area contributed by atoms with Crippen molar-refractivity contribution in [2.75, 3.05) is 11.9 Å². The van der Waals surface area contributed by atoms with Gasteiger partial charge in [0.05, 0.1) is 30.7 Å². The van der Waals surface area contributed by atoms with E-state index in [4.69, 9.17) is 4.74 Å². The maximum atomic E-state index is 5.31. The van der Waals surface area contributed by atoms with Gasteiger partial charge in [-0.05, 0) is 32.4 Å². The van der Waals surface area contributed by atoms with Crippen molar-refractivity contribution >= 4 is 5.69 Å². The predicted molar refractivity (Wildman–Crippen MR) is 80.0 cm³/mol. The lowest BCUT2D eigenvalue weighted by molar-refractivity contribution is 0.327. The first-order valence-electron chi connectivity index (χ1n) is 7.09. The number of hydrogen-bond acceptors (Lipinski definition) is 4. The van der Waals surface area contributed by atoms with Gasteiger partial charge in [-0.1, -0.05) is 6.92 Å². The standard InChI is InChI=1S/C15H22N4O/c1-4-12(3)19-9-8-14(18-19)11-16-13-6-7-15(17-10-13)20-5-2/h6-10,12,16H,4-5,11H2,1-3H3. The molecule has 0 aliphatic heterocycles. The van der Waals surface area contributed by atoms with E-state index in [1.165, 1.54) is 0 Å². The normalized spacial score (nSPS) is 12.2. The molecule has 1 N–H and O–H groups in total. The Labute approximate surface area is 120 Å². The molecule has 2 rings (SSSR count). The minimum Gasteiger partial charge on any atom is -0.478 e. The summed E-state index contributed by atoms with van der Waals surface area (Å²) in [6, 6.07) is 6.31. The van der Waals surface area contributed by atoms with Crippen molar-refractivity contribution in [2.45, 2.75) is 39.8 Å². The zero-order valence-corrected chi connectivity index (χ0v) is 12.3. The average Bonchev–Trinajstić information content (AvgIpc) is 2.95. The van der Waals surface area contributed by atoms with Crippen LogP contribution in [0.5, 0.6) is 5.88 Å². The topological polar surface area (TPSA) is 52.0 Å². The van der Waals surface area contributed by atoms with E-state index < -0.39 is 0 Å². The predicted octanol–water partition coefficient (Wildman–Crippen LogP) is 3.26. The first-order chi connectivity index (χ1) is 9.72. The molecule has 5 heteroatoms. The van der Waals surface area contributed by atoms with Gasteiger partial charge in [0.2, 0.25) is 5.88 Å². The Morgan fingerprint density at radius 1 is 1.30 bits per heavy atom. The number of ether oxygens (including phenoxy) is 1. The fourth-order valence-electron chi connectivity index (χ4n) is 1.81. The molecule has 0 spiro atoms. The first-order valence-corrected chi connectivity index (χ1v) is 7.09. The van der Waals surface area contributed by atoms with Gasteiger partial charge in [0, 0.05) is 18.3 Å². The highest BCUT2D eigenvalue weighted by Crippen LogP contribution is 2.13. The highest BCUT2D eigenvalue weighted by atomic mass is 16.5. The van der Waals surface area contributed by atoms with Crippen LogP contribution in [0.2, 0.25) is 0 Å². The quantitative estimate of drug-likeness (QED) is 0.842. The smallest absolute Gasteiger partial charge is 0.213 e. The molecule has 0 aliphatic carbocycles. The summed E-state index contributed by atoms with van der Waals surface area (Å²) in [6.45, 7) is 7.60. The van der Waals surface area contributed by atoms with E-state index in [-0.39, 0.29) is 0 Å². The van der Waals surface area contributed by atoms with Gasteiger partial charge in [-0.3, -0.25) is 4.68 Å². The highest BCUT2D eigenvalue weighted by molar-refractivity contribution is 5.42. The second-order valence-corrected chi connectivity index (χ2v) is 4.72. The Hall–Kier alpha value is -2.04. The van der Waals surface area contributed by atoms with Crippen LogP contribution in [0, 0.1) is 0 Å². The monoisotopic (exact) mass is 274 g/mol. The molecule has 0 aromatic carbocycles. The van der Waals surface area contributed by atoms with Crippen molar-refractivity contribution in [3.8, 4) is 5.88 Å². The van der Waals surface area contributed by atoms with Crippen molar-refractivity contribution in [1.82, 2.24) is 14.8 Å². The van der Waals surface area contributed by atoms with Crippen LogP contribution in [0.3, 0.4) is 0 Å². The summed E-state index contributed by atoms with van der Waals surface area (Å²) in [4.78, 5) is 4.22. The number of nitrogens with zero attached hydrogens (tertiary/aromatic N) is 3. The van der Waals surface area contributed by atoms with E-state index in [0.717, 1.165) is 17.8 Å². The Kier molecular flexibility index (Phi) is 4.98. The minimum atomic E-state index is 0.441. The van der Waals surface area contributed by atoms with Gasteiger partial charge < -0.3 is 10.1 Å². The summed E-state index contributed by atoms with van der Waals surface area (Å²) in [5, 5.41) is 7.86. The number of pyridine rings is 1. The van der Waals surface area contributed by atoms with Crippen molar-refractivity contribution in [3.05, 3.63) is 36.3 Å². The third kappa shape index (κ3) is 3.73. The van der Waals surface area contributed by atoms with Gasteiger partial charge in [-0.25, -0.2) is 4.98 Å². The van der Waals surface area contributed by atoms with Crippen molar-refractivity contribution < 1.29 is 4.74 Å². The lowest BCUT2D eigenvalue weighted by Crippen LogP contribution is -2.06. The molecule has 1 atom stereocenters. The summed E-state index contributed by atoms with van der Waals surface area (Å²) in [5.74, 6) is 0.652. The largest absolute Gasteiger partial charge is 0.478 e. The zero-order chi connectivity index (χ0) is 14.4. The lowest BCUT2D eigenvalue weighted by atomic mass is 10.3. The SMILES string of the molecule is CCOc1ccc(NCc2ccn(C(C)CC)n2)cn1. The molecule has 2 aromatic rings. The van der Waals surface area contributed by atoms with Crippen LogP contribution in [-0.4, -0.2) is 21.4 Å². The summed E-state index contributed by atoms with van der Waals surface area (Å²) in [5.41, 5.74) is 1.99.